The highest BCUT2D eigenvalue weighted by Gasteiger charge is 2.40. The fraction of sp³-hybridized carbons (Fsp3) is 0.571. The molecule has 2 aliphatic heterocycles. The number of terminal acetylenes is 1. The van der Waals surface area contributed by atoms with Gasteiger partial charge in [-0.3, -0.25) is 4.79 Å². The Hall–Kier alpha value is -2.19. The molecule has 1 saturated heterocycles. The van der Waals surface area contributed by atoms with Gasteiger partial charge in [0.1, 0.15) is 0 Å². The number of hydrogen-bond acceptors (Lipinski definition) is 4. The van der Waals surface area contributed by atoms with Crippen LogP contribution in [-0.4, -0.2) is 43.2 Å². The maximum atomic E-state index is 12.4. The molecule has 0 aliphatic carbocycles. The molecule has 0 spiro atoms. The van der Waals surface area contributed by atoms with Gasteiger partial charge in [0.25, 0.3) is 0 Å². The van der Waals surface area contributed by atoms with Gasteiger partial charge in [-0.1, -0.05) is 30.3 Å². The van der Waals surface area contributed by atoms with Gasteiger partial charge >= 0.3 is 0 Å². The van der Waals surface area contributed by atoms with Gasteiger partial charge in [0.05, 0.1) is 0 Å². The molecular weight excluding hydrogens is 324 g/mol. The second kappa shape index (κ2) is 8.01. The molecule has 2 aliphatic rings. The van der Waals surface area contributed by atoms with E-state index in [0.717, 1.165) is 32.4 Å². The SMILES string of the molecule is C#CCCC1(CCC(=O)NCC2(c3ccccc3)CCN(C)CC2)N=N1. The first-order chi connectivity index (χ1) is 12.6. The van der Waals surface area contributed by atoms with Gasteiger partial charge in [-0.15, -0.1) is 12.3 Å². The van der Waals surface area contributed by atoms with E-state index in [-0.39, 0.29) is 17.0 Å². The van der Waals surface area contributed by atoms with Crippen LogP contribution in [0.25, 0.3) is 0 Å². The highest BCUT2D eigenvalue weighted by molar-refractivity contribution is 5.76. The summed E-state index contributed by atoms with van der Waals surface area (Å²) in [6.45, 7) is 2.80. The van der Waals surface area contributed by atoms with Crippen LogP contribution in [0.5, 0.6) is 0 Å². The number of carbonyl (C=O) groups is 1. The number of amides is 1. The molecule has 0 atom stereocenters. The van der Waals surface area contributed by atoms with E-state index in [2.05, 4.69) is 57.7 Å². The first kappa shape index (κ1) is 18.6. The minimum Gasteiger partial charge on any atom is -0.355 e. The van der Waals surface area contributed by atoms with Gasteiger partial charge in [0.2, 0.25) is 5.91 Å². The summed E-state index contributed by atoms with van der Waals surface area (Å²) in [4.78, 5) is 14.8. The number of rotatable bonds is 8. The average Bonchev–Trinajstić information content (AvgIpc) is 3.46. The van der Waals surface area contributed by atoms with Crippen molar-refractivity contribution in [3.05, 3.63) is 35.9 Å². The zero-order chi connectivity index (χ0) is 18.5. The molecule has 1 aromatic rings. The van der Waals surface area contributed by atoms with Crippen molar-refractivity contribution in [2.45, 2.75) is 49.6 Å². The van der Waals surface area contributed by atoms with Crippen LogP contribution in [0.2, 0.25) is 0 Å². The second-order valence-electron chi connectivity index (χ2n) is 7.61. The summed E-state index contributed by atoms with van der Waals surface area (Å²) in [6, 6.07) is 10.6. The van der Waals surface area contributed by atoms with E-state index in [9.17, 15) is 4.79 Å². The number of likely N-dealkylation sites (tertiary alicyclic amines) is 1. The predicted molar refractivity (Wildman–Crippen MR) is 103 cm³/mol. The molecule has 0 bridgehead atoms. The summed E-state index contributed by atoms with van der Waals surface area (Å²) in [5, 5.41) is 11.4. The molecule has 0 aromatic heterocycles. The number of carbonyl (C=O) groups excluding carboxylic acids is 1. The Morgan fingerprint density at radius 2 is 1.92 bits per heavy atom. The van der Waals surface area contributed by atoms with Crippen molar-refractivity contribution in [3.63, 3.8) is 0 Å². The van der Waals surface area contributed by atoms with Crippen molar-refractivity contribution in [1.29, 1.82) is 0 Å². The number of nitrogens with zero attached hydrogens (tertiary/aromatic N) is 3. The van der Waals surface area contributed by atoms with Crippen molar-refractivity contribution in [2.24, 2.45) is 10.2 Å². The largest absolute Gasteiger partial charge is 0.355 e. The van der Waals surface area contributed by atoms with Gasteiger partial charge in [0.15, 0.2) is 5.66 Å². The third-order valence-corrected chi connectivity index (χ3v) is 5.76. The lowest BCUT2D eigenvalue weighted by Gasteiger charge is -2.41. The smallest absolute Gasteiger partial charge is 0.220 e. The van der Waals surface area contributed by atoms with Crippen molar-refractivity contribution in [3.8, 4) is 12.3 Å². The summed E-state index contributed by atoms with van der Waals surface area (Å²) < 4.78 is 0. The lowest BCUT2D eigenvalue weighted by atomic mass is 9.72. The third-order valence-electron chi connectivity index (χ3n) is 5.76. The summed E-state index contributed by atoms with van der Waals surface area (Å²) in [6.07, 6.45) is 9.93. The van der Waals surface area contributed by atoms with E-state index in [4.69, 9.17) is 6.42 Å². The van der Waals surface area contributed by atoms with E-state index in [1.165, 1.54) is 5.56 Å². The minimum atomic E-state index is -0.381. The molecule has 138 valence electrons. The first-order valence-electron chi connectivity index (χ1n) is 9.46. The summed E-state index contributed by atoms with van der Waals surface area (Å²) in [5.74, 6) is 2.70. The number of hydrogen-bond donors (Lipinski definition) is 1. The van der Waals surface area contributed by atoms with Crippen LogP contribution in [0, 0.1) is 12.3 Å². The molecule has 3 rings (SSSR count). The zero-order valence-corrected chi connectivity index (χ0v) is 15.6. The normalized spacial score (nSPS) is 20.3. The van der Waals surface area contributed by atoms with Gasteiger partial charge in [-0.2, -0.15) is 10.2 Å². The standard InChI is InChI=1S/C21H28N4O/c1-3-4-11-21(23-24-21)12-10-19(26)22-17-20(13-15-25(2)16-14-20)18-8-6-5-7-9-18/h1,5-9H,4,10-17H2,2H3,(H,22,26). The summed E-state index contributed by atoms with van der Waals surface area (Å²) >= 11 is 0. The fourth-order valence-electron chi connectivity index (χ4n) is 3.74. The maximum absolute atomic E-state index is 12.4. The van der Waals surface area contributed by atoms with Crippen molar-refractivity contribution in [1.82, 2.24) is 10.2 Å². The van der Waals surface area contributed by atoms with Crippen LogP contribution < -0.4 is 5.32 Å². The van der Waals surface area contributed by atoms with E-state index >= 15 is 0 Å². The van der Waals surface area contributed by atoms with E-state index in [0.29, 0.717) is 25.8 Å². The van der Waals surface area contributed by atoms with Gasteiger partial charge < -0.3 is 10.2 Å². The summed E-state index contributed by atoms with van der Waals surface area (Å²) in [5.41, 5.74) is 0.971. The topological polar surface area (TPSA) is 57.1 Å². The number of benzene rings is 1. The molecule has 0 saturated carbocycles. The molecule has 26 heavy (non-hydrogen) atoms. The van der Waals surface area contributed by atoms with Crippen LogP contribution >= 0.6 is 0 Å². The van der Waals surface area contributed by atoms with Crippen LogP contribution in [0.4, 0.5) is 0 Å². The predicted octanol–water partition coefficient (Wildman–Crippen LogP) is 3.12. The Kier molecular flexibility index (Phi) is 5.73. The average molecular weight is 352 g/mol. The Balaban J connectivity index is 1.55. The quantitative estimate of drug-likeness (QED) is 0.731. The molecule has 5 nitrogen and oxygen atoms in total. The van der Waals surface area contributed by atoms with Crippen LogP contribution in [0.3, 0.4) is 0 Å². The summed E-state index contributed by atoms with van der Waals surface area (Å²) in [7, 11) is 2.16. The van der Waals surface area contributed by atoms with E-state index < -0.39 is 0 Å². The lowest BCUT2D eigenvalue weighted by Crippen LogP contribution is -2.48. The number of nitrogens with one attached hydrogen (secondary N) is 1. The van der Waals surface area contributed by atoms with E-state index in [1.54, 1.807) is 0 Å². The van der Waals surface area contributed by atoms with E-state index in [1.807, 2.05) is 6.07 Å². The second-order valence-corrected chi connectivity index (χ2v) is 7.61. The lowest BCUT2D eigenvalue weighted by molar-refractivity contribution is -0.121. The van der Waals surface area contributed by atoms with Crippen LogP contribution in [0.15, 0.2) is 40.6 Å². The Labute approximate surface area is 156 Å². The zero-order valence-electron chi connectivity index (χ0n) is 15.6. The highest BCUT2D eigenvalue weighted by Crippen LogP contribution is 2.38. The van der Waals surface area contributed by atoms with Crippen molar-refractivity contribution >= 4 is 5.91 Å². The Morgan fingerprint density at radius 3 is 2.54 bits per heavy atom. The molecular formula is C21H28N4O. The third kappa shape index (κ3) is 4.50. The molecule has 1 aromatic carbocycles. The molecule has 0 unspecified atom stereocenters. The van der Waals surface area contributed by atoms with Crippen LogP contribution in [-0.2, 0) is 10.2 Å². The minimum absolute atomic E-state index is 0.0267. The van der Waals surface area contributed by atoms with Crippen LogP contribution in [0.1, 0.15) is 44.1 Å². The van der Waals surface area contributed by atoms with Crippen molar-refractivity contribution in [2.75, 3.05) is 26.7 Å². The first-order valence-corrected chi connectivity index (χ1v) is 9.46. The highest BCUT2D eigenvalue weighted by atomic mass is 16.1. The maximum Gasteiger partial charge on any atom is 0.220 e. The molecule has 1 amide bonds. The van der Waals surface area contributed by atoms with Gasteiger partial charge in [-0.05, 0) is 38.5 Å². The molecule has 5 heteroatoms. The van der Waals surface area contributed by atoms with Crippen molar-refractivity contribution < 1.29 is 4.79 Å². The monoisotopic (exact) mass is 352 g/mol. The van der Waals surface area contributed by atoms with Gasteiger partial charge in [0, 0.05) is 37.6 Å². The van der Waals surface area contributed by atoms with Gasteiger partial charge in [-0.25, -0.2) is 0 Å². The molecule has 0 radical (unpaired) electrons. The fourth-order valence-corrected chi connectivity index (χ4v) is 3.74. The Morgan fingerprint density at radius 1 is 1.23 bits per heavy atom. The molecule has 2 heterocycles. The molecule has 1 fully saturated rings. The molecule has 1 N–H and O–H groups in total. The number of piperidine rings is 1. The Bertz CT molecular complexity index is 678.